The van der Waals surface area contributed by atoms with Gasteiger partial charge in [0.25, 0.3) is 0 Å². The second kappa shape index (κ2) is 5.65. The van der Waals surface area contributed by atoms with Crippen LogP contribution in [0.3, 0.4) is 0 Å². The Morgan fingerprint density at radius 1 is 1.44 bits per heavy atom. The van der Waals surface area contributed by atoms with E-state index in [1.165, 1.54) is 12.8 Å². The number of hydrogen-bond acceptors (Lipinski definition) is 3. The monoisotopic (exact) mass is 222 g/mol. The summed E-state index contributed by atoms with van der Waals surface area (Å²) in [5, 5.41) is 6.20. The highest BCUT2D eigenvalue weighted by Crippen LogP contribution is 2.18. The second-order valence-corrected chi connectivity index (χ2v) is 4.13. The van der Waals surface area contributed by atoms with Crippen molar-refractivity contribution in [1.82, 2.24) is 20.2 Å². The Kier molecular flexibility index (Phi) is 3.93. The van der Waals surface area contributed by atoms with Gasteiger partial charge in [-0.3, -0.25) is 4.79 Å². The Balaban J connectivity index is 1.49. The summed E-state index contributed by atoms with van der Waals surface area (Å²) in [6.45, 7) is 2.24. The van der Waals surface area contributed by atoms with Gasteiger partial charge in [0.1, 0.15) is 0 Å². The molecule has 0 bridgehead atoms. The molecule has 2 rings (SSSR count). The molecule has 0 spiro atoms. The molecule has 1 amide bonds. The zero-order valence-corrected chi connectivity index (χ0v) is 9.35. The van der Waals surface area contributed by atoms with E-state index in [1.54, 1.807) is 12.5 Å². The SMILES string of the molecule is O=C(CCNC1CC1)NCCn1ccnc1. The van der Waals surface area contributed by atoms with Gasteiger partial charge in [-0.1, -0.05) is 0 Å². The van der Waals surface area contributed by atoms with Crippen molar-refractivity contribution >= 4 is 5.91 Å². The van der Waals surface area contributed by atoms with E-state index in [1.807, 2.05) is 10.8 Å². The lowest BCUT2D eigenvalue weighted by molar-refractivity contribution is -0.121. The van der Waals surface area contributed by atoms with Crippen LogP contribution in [-0.4, -0.2) is 34.6 Å². The molecule has 1 saturated carbocycles. The summed E-state index contributed by atoms with van der Waals surface area (Å²) < 4.78 is 1.95. The van der Waals surface area contributed by atoms with Crippen molar-refractivity contribution in [2.24, 2.45) is 0 Å². The lowest BCUT2D eigenvalue weighted by atomic mass is 10.4. The third-order valence-corrected chi connectivity index (χ3v) is 2.61. The summed E-state index contributed by atoms with van der Waals surface area (Å²) in [6.07, 6.45) is 8.48. The lowest BCUT2D eigenvalue weighted by Gasteiger charge is -2.06. The summed E-state index contributed by atoms with van der Waals surface area (Å²) in [7, 11) is 0. The summed E-state index contributed by atoms with van der Waals surface area (Å²) in [5.41, 5.74) is 0. The summed E-state index contributed by atoms with van der Waals surface area (Å²) >= 11 is 0. The van der Waals surface area contributed by atoms with Crippen LogP contribution in [0.2, 0.25) is 0 Å². The molecule has 1 aromatic heterocycles. The van der Waals surface area contributed by atoms with Crippen molar-refractivity contribution in [1.29, 1.82) is 0 Å². The molecule has 0 radical (unpaired) electrons. The van der Waals surface area contributed by atoms with E-state index in [0.717, 1.165) is 13.1 Å². The smallest absolute Gasteiger partial charge is 0.221 e. The zero-order valence-electron chi connectivity index (χ0n) is 9.35. The fraction of sp³-hybridized carbons (Fsp3) is 0.636. The molecule has 0 aliphatic heterocycles. The van der Waals surface area contributed by atoms with Crippen LogP contribution >= 0.6 is 0 Å². The van der Waals surface area contributed by atoms with Crippen LogP contribution in [0.1, 0.15) is 19.3 Å². The second-order valence-electron chi connectivity index (χ2n) is 4.13. The third-order valence-electron chi connectivity index (χ3n) is 2.61. The van der Waals surface area contributed by atoms with Gasteiger partial charge in [0.05, 0.1) is 6.33 Å². The predicted molar refractivity (Wildman–Crippen MR) is 60.9 cm³/mol. The Labute approximate surface area is 95.2 Å². The summed E-state index contributed by atoms with van der Waals surface area (Å²) in [5.74, 6) is 0.119. The molecule has 1 aromatic rings. The normalized spacial score (nSPS) is 15.0. The predicted octanol–water partition coefficient (Wildman–Crippen LogP) is 0.141. The van der Waals surface area contributed by atoms with Crippen molar-refractivity contribution in [3.63, 3.8) is 0 Å². The minimum absolute atomic E-state index is 0.119. The number of nitrogens with one attached hydrogen (secondary N) is 2. The number of imidazole rings is 1. The number of carbonyl (C=O) groups excluding carboxylic acids is 1. The zero-order chi connectivity index (χ0) is 11.2. The highest BCUT2D eigenvalue weighted by Gasteiger charge is 2.19. The maximum absolute atomic E-state index is 11.4. The number of rotatable bonds is 7. The Hall–Kier alpha value is -1.36. The third kappa shape index (κ3) is 4.02. The Morgan fingerprint density at radius 3 is 3.00 bits per heavy atom. The van der Waals surface area contributed by atoms with E-state index in [0.29, 0.717) is 19.0 Å². The first-order valence-electron chi connectivity index (χ1n) is 5.80. The van der Waals surface area contributed by atoms with E-state index in [9.17, 15) is 4.79 Å². The average Bonchev–Trinajstić information content (AvgIpc) is 2.94. The van der Waals surface area contributed by atoms with Crippen molar-refractivity contribution in [3.8, 4) is 0 Å². The van der Waals surface area contributed by atoms with E-state index in [-0.39, 0.29) is 5.91 Å². The molecule has 5 nitrogen and oxygen atoms in total. The van der Waals surface area contributed by atoms with Crippen molar-refractivity contribution in [2.45, 2.75) is 31.8 Å². The Bertz CT molecular complexity index is 319. The highest BCUT2D eigenvalue weighted by molar-refractivity contribution is 5.75. The summed E-state index contributed by atoms with van der Waals surface area (Å²) in [4.78, 5) is 15.3. The van der Waals surface area contributed by atoms with Crippen LogP contribution in [-0.2, 0) is 11.3 Å². The average molecular weight is 222 g/mol. The molecule has 16 heavy (non-hydrogen) atoms. The first-order valence-corrected chi connectivity index (χ1v) is 5.80. The molecular weight excluding hydrogens is 204 g/mol. The molecule has 0 saturated heterocycles. The highest BCUT2D eigenvalue weighted by atomic mass is 16.1. The molecule has 1 fully saturated rings. The van der Waals surface area contributed by atoms with E-state index >= 15 is 0 Å². The first-order chi connectivity index (χ1) is 7.84. The van der Waals surface area contributed by atoms with Crippen molar-refractivity contribution < 1.29 is 4.79 Å². The van der Waals surface area contributed by atoms with Crippen LogP contribution in [0.25, 0.3) is 0 Å². The molecule has 1 heterocycles. The minimum atomic E-state index is 0.119. The van der Waals surface area contributed by atoms with Gasteiger partial charge in [-0.2, -0.15) is 0 Å². The van der Waals surface area contributed by atoms with Crippen molar-refractivity contribution in [3.05, 3.63) is 18.7 Å². The molecule has 0 atom stereocenters. The standard InChI is InChI=1S/C11H18N4O/c16-11(3-4-13-10-1-2-10)14-6-8-15-7-5-12-9-15/h5,7,9-10,13H,1-4,6,8H2,(H,14,16). The fourth-order valence-corrected chi connectivity index (χ4v) is 1.51. The van der Waals surface area contributed by atoms with E-state index in [4.69, 9.17) is 0 Å². The molecular formula is C11H18N4O. The maximum Gasteiger partial charge on any atom is 0.221 e. The van der Waals surface area contributed by atoms with Gasteiger partial charge in [0.2, 0.25) is 5.91 Å². The molecule has 0 aromatic carbocycles. The number of hydrogen-bond donors (Lipinski definition) is 2. The minimum Gasteiger partial charge on any atom is -0.354 e. The molecule has 1 aliphatic rings. The fourth-order valence-electron chi connectivity index (χ4n) is 1.51. The Morgan fingerprint density at radius 2 is 2.31 bits per heavy atom. The van der Waals surface area contributed by atoms with Crippen LogP contribution in [0.4, 0.5) is 0 Å². The van der Waals surface area contributed by atoms with Gasteiger partial charge in [-0.15, -0.1) is 0 Å². The van der Waals surface area contributed by atoms with Gasteiger partial charge >= 0.3 is 0 Å². The first kappa shape index (κ1) is 11.1. The van der Waals surface area contributed by atoms with Crippen molar-refractivity contribution in [2.75, 3.05) is 13.1 Å². The number of aromatic nitrogens is 2. The largest absolute Gasteiger partial charge is 0.354 e. The van der Waals surface area contributed by atoms with Gasteiger partial charge in [0.15, 0.2) is 0 Å². The van der Waals surface area contributed by atoms with Gasteiger partial charge in [0, 0.05) is 44.5 Å². The lowest BCUT2D eigenvalue weighted by Crippen LogP contribution is -2.30. The molecule has 5 heteroatoms. The molecule has 2 N–H and O–H groups in total. The quantitative estimate of drug-likeness (QED) is 0.690. The van der Waals surface area contributed by atoms with Crippen LogP contribution in [0.15, 0.2) is 18.7 Å². The maximum atomic E-state index is 11.4. The van der Waals surface area contributed by atoms with Gasteiger partial charge in [-0.05, 0) is 12.8 Å². The van der Waals surface area contributed by atoms with Crippen LogP contribution in [0, 0.1) is 0 Å². The summed E-state index contributed by atoms with van der Waals surface area (Å²) in [6, 6.07) is 0.679. The van der Waals surface area contributed by atoms with E-state index < -0.39 is 0 Å². The number of amides is 1. The van der Waals surface area contributed by atoms with E-state index in [2.05, 4.69) is 15.6 Å². The molecule has 88 valence electrons. The van der Waals surface area contributed by atoms with Gasteiger partial charge < -0.3 is 15.2 Å². The van der Waals surface area contributed by atoms with Crippen LogP contribution in [0.5, 0.6) is 0 Å². The van der Waals surface area contributed by atoms with Crippen LogP contribution < -0.4 is 10.6 Å². The topological polar surface area (TPSA) is 59.0 Å². The number of nitrogens with zero attached hydrogens (tertiary/aromatic N) is 2. The van der Waals surface area contributed by atoms with Gasteiger partial charge in [-0.25, -0.2) is 4.98 Å². The molecule has 0 unspecified atom stereocenters. The molecule has 1 aliphatic carbocycles. The number of carbonyl (C=O) groups is 1.